The van der Waals surface area contributed by atoms with Crippen LogP contribution in [0.3, 0.4) is 0 Å². The number of hydrogen-bond acceptors (Lipinski definition) is 3. The largest absolute Gasteiger partial charge is 0.224 e. The maximum absolute atomic E-state index is 14.5. The van der Waals surface area contributed by atoms with E-state index < -0.39 is 15.7 Å². The fourth-order valence-corrected chi connectivity index (χ4v) is 5.25. The van der Waals surface area contributed by atoms with Crippen LogP contribution >= 0.6 is 0 Å². The van der Waals surface area contributed by atoms with Crippen LogP contribution in [0, 0.1) is 29.0 Å². The molecule has 1 aliphatic rings. The van der Waals surface area contributed by atoms with Gasteiger partial charge in [0.15, 0.2) is 9.84 Å². The number of hydrogen-bond donors (Lipinski definition) is 0. The number of rotatable bonds is 4. The molecule has 3 nitrogen and oxygen atoms in total. The average molecular weight is 371 g/mol. The van der Waals surface area contributed by atoms with E-state index in [1.165, 1.54) is 12.1 Å². The van der Waals surface area contributed by atoms with Crippen LogP contribution in [0.4, 0.5) is 4.39 Å². The van der Waals surface area contributed by atoms with Crippen LogP contribution in [0.1, 0.15) is 38.2 Å². The predicted molar refractivity (Wildman–Crippen MR) is 99.7 cm³/mol. The normalized spacial score (nSPS) is 20.5. The Hall–Kier alpha value is -2.19. The lowest BCUT2D eigenvalue weighted by atomic mass is 9.84. The molecule has 0 radical (unpaired) electrons. The second-order valence-electron chi connectivity index (χ2n) is 7.24. The zero-order valence-electron chi connectivity index (χ0n) is 14.8. The van der Waals surface area contributed by atoms with Crippen molar-refractivity contribution in [1.29, 1.82) is 5.26 Å². The van der Waals surface area contributed by atoms with E-state index >= 15 is 0 Å². The molecule has 26 heavy (non-hydrogen) atoms. The first-order valence-electron chi connectivity index (χ1n) is 8.92. The van der Waals surface area contributed by atoms with Crippen molar-refractivity contribution in [3.8, 4) is 17.2 Å². The van der Waals surface area contributed by atoms with Gasteiger partial charge in [-0.15, -0.1) is 0 Å². The maximum atomic E-state index is 14.5. The summed E-state index contributed by atoms with van der Waals surface area (Å²) in [7, 11) is -3.49. The molecule has 1 aliphatic carbocycles. The summed E-state index contributed by atoms with van der Waals surface area (Å²) in [4.78, 5) is 0.0472. The van der Waals surface area contributed by atoms with Gasteiger partial charge < -0.3 is 0 Å². The first kappa shape index (κ1) is 18.6. The van der Waals surface area contributed by atoms with Gasteiger partial charge in [0.25, 0.3) is 0 Å². The lowest BCUT2D eigenvalue weighted by molar-refractivity contribution is 0.308. The van der Waals surface area contributed by atoms with Crippen molar-refractivity contribution >= 4 is 9.84 Å². The molecule has 1 fully saturated rings. The van der Waals surface area contributed by atoms with Crippen molar-refractivity contribution < 1.29 is 12.8 Å². The van der Waals surface area contributed by atoms with Gasteiger partial charge in [0, 0.05) is 5.56 Å². The third kappa shape index (κ3) is 4.13. The van der Waals surface area contributed by atoms with Crippen LogP contribution in [-0.4, -0.2) is 14.2 Å². The molecule has 0 unspecified atom stereocenters. The summed E-state index contributed by atoms with van der Waals surface area (Å²) in [5, 5.41) is 8.84. The summed E-state index contributed by atoms with van der Waals surface area (Å²) in [6.45, 7) is 2.20. The molecule has 0 spiro atoms. The number of sulfone groups is 1. The van der Waals surface area contributed by atoms with Crippen molar-refractivity contribution in [2.45, 2.75) is 37.5 Å². The first-order chi connectivity index (χ1) is 12.4. The van der Waals surface area contributed by atoms with Crippen molar-refractivity contribution in [1.82, 2.24) is 0 Å². The molecule has 1 saturated carbocycles. The second kappa shape index (κ2) is 7.59. The van der Waals surface area contributed by atoms with Crippen molar-refractivity contribution in [2.24, 2.45) is 11.8 Å². The fourth-order valence-electron chi connectivity index (χ4n) is 3.55. The molecule has 0 aliphatic heterocycles. The molecule has 0 saturated heterocycles. The van der Waals surface area contributed by atoms with Crippen LogP contribution < -0.4 is 0 Å². The highest BCUT2D eigenvalue weighted by Crippen LogP contribution is 2.31. The fraction of sp³-hybridized carbons (Fsp3) is 0.381. The zero-order chi connectivity index (χ0) is 18.7. The summed E-state index contributed by atoms with van der Waals surface area (Å²) in [5.74, 6) is 0.360. The third-order valence-electron chi connectivity index (χ3n) is 5.22. The van der Waals surface area contributed by atoms with E-state index in [1.807, 2.05) is 6.07 Å². The third-order valence-corrected chi connectivity index (χ3v) is 7.10. The predicted octanol–water partition coefficient (Wildman–Crippen LogP) is 4.96. The van der Waals surface area contributed by atoms with Gasteiger partial charge in [-0.1, -0.05) is 38.0 Å². The van der Waals surface area contributed by atoms with E-state index in [-0.39, 0.29) is 16.6 Å². The maximum Gasteiger partial charge on any atom is 0.178 e. The Bertz CT molecular complexity index is 921. The molecule has 0 heterocycles. The molecule has 2 aromatic carbocycles. The van der Waals surface area contributed by atoms with Crippen LogP contribution in [0.2, 0.25) is 0 Å². The van der Waals surface area contributed by atoms with Gasteiger partial charge in [-0.25, -0.2) is 12.8 Å². The summed E-state index contributed by atoms with van der Waals surface area (Å²) in [5.41, 5.74) is 1.45. The standard InChI is InChI=1S/C21H22FNO2S/c1-15-2-4-17(5-3-15)14-26(24,25)19-10-11-20(21(22)12-19)18-8-6-16(13-23)7-9-18/h6-12,15,17H,2-5,14H2,1H3. The van der Waals surface area contributed by atoms with Gasteiger partial charge in [-0.05, 0) is 54.5 Å². The number of benzene rings is 2. The highest BCUT2D eigenvalue weighted by Gasteiger charge is 2.25. The average Bonchev–Trinajstić information content (AvgIpc) is 2.63. The lowest BCUT2D eigenvalue weighted by Crippen LogP contribution is -2.21. The molecule has 0 amide bonds. The highest BCUT2D eigenvalue weighted by molar-refractivity contribution is 7.91. The first-order valence-corrected chi connectivity index (χ1v) is 10.6. The molecule has 5 heteroatoms. The highest BCUT2D eigenvalue weighted by atomic mass is 32.2. The quantitative estimate of drug-likeness (QED) is 0.763. The molecule has 0 aromatic heterocycles. The summed E-state index contributed by atoms with van der Waals surface area (Å²) < 4.78 is 39.9. The second-order valence-corrected chi connectivity index (χ2v) is 9.27. The Kier molecular flexibility index (Phi) is 5.43. The van der Waals surface area contributed by atoms with Crippen molar-refractivity contribution in [3.63, 3.8) is 0 Å². The molecule has 136 valence electrons. The van der Waals surface area contributed by atoms with E-state index in [4.69, 9.17) is 5.26 Å². The van der Waals surface area contributed by atoms with Crippen LogP contribution in [-0.2, 0) is 9.84 Å². The van der Waals surface area contributed by atoms with Gasteiger partial charge in [-0.3, -0.25) is 0 Å². The van der Waals surface area contributed by atoms with E-state index in [0.29, 0.717) is 22.6 Å². The van der Waals surface area contributed by atoms with Crippen LogP contribution in [0.15, 0.2) is 47.4 Å². The number of nitriles is 1. The van der Waals surface area contributed by atoms with E-state index in [0.717, 1.165) is 31.7 Å². The summed E-state index contributed by atoms with van der Waals surface area (Å²) in [6.07, 6.45) is 3.97. The molecule has 0 atom stereocenters. The summed E-state index contributed by atoms with van der Waals surface area (Å²) >= 11 is 0. The Morgan fingerprint density at radius 1 is 1.08 bits per heavy atom. The minimum Gasteiger partial charge on any atom is -0.224 e. The SMILES string of the molecule is CC1CCC(CS(=O)(=O)c2ccc(-c3ccc(C#N)cc3)c(F)c2)CC1. The van der Waals surface area contributed by atoms with Gasteiger partial charge in [0.1, 0.15) is 5.82 Å². The molecule has 2 aromatic rings. The van der Waals surface area contributed by atoms with Crippen LogP contribution in [0.5, 0.6) is 0 Å². The van der Waals surface area contributed by atoms with Gasteiger partial charge in [0.2, 0.25) is 0 Å². The van der Waals surface area contributed by atoms with Crippen molar-refractivity contribution in [3.05, 3.63) is 53.8 Å². The van der Waals surface area contributed by atoms with Gasteiger partial charge >= 0.3 is 0 Å². The molecular formula is C21H22FNO2S. The smallest absolute Gasteiger partial charge is 0.178 e. The molecule has 3 rings (SSSR count). The Labute approximate surface area is 154 Å². The van der Waals surface area contributed by atoms with Crippen LogP contribution in [0.25, 0.3) is 11.1 Å². The minimum absolute atomic E-state index is 0.0472. The lowest BCUT2D eigenvalue weighted by Gasteiger charge is -2.25. The Morgan fingerprint density at radius 3 is 2.31 bits per heavy atom. The van der Waals surface area contributed by atoms with E-state index in [9.17, 15) is 12.8 Å². The monoisotopic (exact) mass is 371 g/mol. The van der Waals surface area contributed by atoms with E-state index in [2.05, 4.69) is 6.92 Å². The minimum atomic E-state index is -3.49. The Morgan fingerprint density at radius 2 is 1.73 bits per heavy atom. The Balaban J connectivity index is 1.80. The zero-order valence-corrected chi connectivity index (χ0v) is 15.6. The molecular weight excluding hydrogens is 349 g/mol. The number of nitrogens with zero attached hydrogens (tertiary/aromatic N) is 1. The van der Waals surface area contributed by atoms with Gasteiger partial charge in [-0.2, -0.15) is 5.26 Å². The molecule has 0 N–H and O–H groups in total. The number of halogens is 1. The summed E-state index contributed by atoms with van der Waals surface area (Å²) in [6, 6.07) is 12.7. The topological polar surface area (TPSA) is 57.9 Å². The van der Waals surface area contributed by atoms with E-state index in [1.54, 1.807) is 24.3 Å². The van der Waals surface area contributed by atoms with Gasteiger partial charge in [0.05, 0.1) is 22.3 Å². The van der Waals surface area contributed by atoms with Crippen molar-refractivity contribution in [2.75, 3.05) is 5.75 Å². The molecule has 0 bridgehead atoms.